The molecule has 4 N–H and O–H groups in total. The molecule has 1 saturated carbocycles. The zero-order valence-corrected chi connectivity index (χ0v) is 14.0. The zero-order chi connectivity index (χ0) is 17.9. The second-order valence-electron chi connectivity index (χ2n) is 7.08. The van der Waals surface area contributed by atoms with Gasteiger partial charge in [0.15, 0.2) is 17.3 Å². The Morgan fingerprint density at radius 3 is 2.64 bits per heavy atom. The van der Waals surface area contributed by atoms with Crippen LogP contribution in [0.2, 0.25) is 0 Å². The quantitative estimate of drug-likeness (QED) is 0.750. The Kier molecular flexibility index (Phi) is 3.57. The summed E-state index contributed by atoms with van der Waals surface area (Å²) in [5, 5.41) is 0.0261. The Labute approximate surface area is 142 Å². The third-order valence-corrected chi connectivity index (χ3v) is 5.21. The van der Waals surface area contributed by atoms with Gasteiger partial charge in [-0.15, -0.1) is 0 Å². The van der Waals surface area contributed by atoms with Gasteiger partial charge in [0.05, 0.1) is 5.39 Å². The maximum Gasteiger partial charge on any atom is 0.351 e. The fourth-order valence-corrected chi connectivity index (χ4v) is 3.53. The molecule has 2 aromatic rings. The predicted octanol–water partition coefficient (Wildman–Crippen LogP) is -0.0805. The molecular formula is C16H21FN6O2. The average Bonchev–Trinajstić information content (AvgIpc) is 3.28. The van der Waals surface area contributed by atoms with Crippen molar-refractivity contribution in [1.82, 2.24) is 14.2 Å². The van der Waals surface area contributed by atoms with Crippen molar-refractivity contribution in [2.24, 2.45) is 11.7 Å². The van der Waals surface area contributed by atoms with Crippen LogP contribution in [0.5, 0.6) is 0 Å². The summed E-state index contributed by atoms with van der Waals surface area (Å²) >= 11 is 0. The second kappa shape index (κ2) is 5.55. The number of aromatic nitrogens is 3. The Morgan fingerprint density at radius 1 is 1.32 bits per heavy atom. The first kappa shape index (κ1) is 16.1. The molecule has 0 bridgehead atoms. The van der Waals surface area contributed by atoms with Crippen molar-refractivity contribution < 1.29 is 4.39 Å². The van der Waals surface area contributed by atoms with Crippen molar-refractivity contribution in [2.45, 2.75) is 38.3 Å². The van der Waals surface area contributed by atoms with Gasteiger partial charge in [-0.05, 0) is 38.2 Å². The monoisotopic (exact) mass is 348 g/mol. The first-order valence-electron chi connectivity index (χ1n) is 8.52. The van der Waals surface area contributed by atoms with E-state index in [2.05, 4.69) is 4.98 Å². The van der Waals surface area contributed by atoms with Crippen LogP contribution >= 0.6 is 0 Å². The normalized spacial score (nSPS) is 21.9. The molecule has 1 unspecified atom stereocenters. The van der Waals surface area contributed by atoms with E-state index in [1.54, 1.807) is 0 Å². The average molecular weight is 348 g/mol. The van der Waals surface area contributed by atoms with Gasteiger partial charge in [-0.2, -0.15) is 4.68 Å². The number of pyridine rings is 1. The number of anilines is 1. The topological polar surface area (TPSA) is 112 Å². The van der Waals surface area contributed by atoms with Crippen LogP contribution in [-0.4, -0.2) is 33.4 Å². The van der Waals surface area contributed by atoms with Gasteiger partial charge in [0.2, 0.25) is 0 Å². The summed E-state index contributed by atoms with van der Waals surface area (Å²) in [6.07, 6.45) is 2.49. The van der Waals surface area contributed by atoms with Gasteiger partial charge in [0.25, 0.3) is 5.56 Å². The molecule has 2 aromatic heterocycles. The van der Waals surface area contributed by atoms with Crippen molar-refractivity contribution >= 4 is 16.9 Å². The van der Waals surface area contributed by atoms with Crippen LogP contribution in [0.15, 0.2) is 15.7 Å². The Balaban J connectivity index is 1.89. The molecule has 1 saturated heterocycles. The smallest absolute Gasteiger partial charge is 0.351 e. The van der Waals surface area contributed by atoms with Crippen LogP contribution in [0.3, 0.4) is 0 Å². The van der Waals surface area contributed by atoms with Crippen LogP contribution in [0.25, 0.3) is 11.0 Å². The molecule has 0 spiro atoms. The fraction of sp³-hybridized carbons (Fsp3) is 0.562. The lowest BCUT2D eigenvalue weighted by Crippen LogP contribution is -2.45. The summed E-state index contributed by atoms with van der Waals surface area (Å²) in [6.45, 7) is 3.19. The van der Waals surface area contributed by atoms with E-state index in [9.17, 15) is 14.0 Å². The summed E-state index contributed by atoms with van der Waals surface area (Å²) in [5.41, 5.74) is 4.82. The predicted molar refractivity (Wildman–Crippen MR) is 92.6 cm³/mol. The number of nitrogens with two attached hydrogens (primary N) is 2. The third kappa shape index (κ3) is 2.50. The van der Waals surface area contributed by atoms with Gasteiger partial charge in [0, 0.05) is 25.2 Å². The lowest BCUT2D eigenvalue weighted by molar-refractivity contribution is 0.487. The van der Waals surface area contributed by atoms with Crippen molar-refractivity contribution in [3.8, 4) is 0 Å². The van der Waals surface area contributed by atoms with Gasteiger partial charge in [-0.25, -0.2) is 14.2 Å². The van der Waals surface area contributed by atoms with Crippen LogP contribution < -0.4 is 27.7 Å². The van der Waals surface area contributed by atoms with Crippen LogP contribution in [-0.2, 0) is 0 Å². The number of rotatable bonds is 3. The molecule has 1 aliphatic carbocycles. The van der Waals surface area contributed by atoms with Gasteiger partial charge in [-0.1, -0.05) is 0 Å². The van der Waals surface area contributed by atoms with Gasteiger partial charge in [0.1, 0.15) is 0 Å². The number of hydrogen-bond acceptors (Lipinski definition) is 6. The van der Waals surface area contributed by atoms with Crippen molar-refractivity contribution in [1.29, 1.82) is 0 Å². The minimum Gasteiger partial charge on any atom is -0.354 e. The van der Waals surface area contributed by atoms with Crippen LogP contribution in [0, 0.1) is 11.7 Å². The van der Waals surface area contributed by atoms with E-state index in [0.29, 0.717) is 17.8 Å². The highest BCUT2D eigenvalue weighted by atomic mass is 19.1. The van der Waals surface area contributed by atoms with E-state index in [1.807, 2.05) is 11.8 Å². The Bertz CT molecular complexity index is 962. The van der Waals surface area contributed by atoms with E-state index in [1.165, 1.54) is 4.57 Å². The van der Waals surface area contributed by atoms with Crippen molar-refractivity contribution in [2.75, 3.05) is 23.8 Å². The third-order valence-electron chi connectivity index (χ3n) is 5.21. The molecular weight excluding hydrogens is 327 g/mol. The molecule has 8 nitrogen and oxygen atoms in total. The molecule has 2 aliphatic rings. The number of fused-ring (bicyclic) bond motifs is 1. The Morgan fingerprint density at radius 2 is 2.04 bits per heavy atom. The largest absolute Gasteiger partial charge is 0.354 e. The molecule has 4 rings (SSSR count). The molecule has 0 aromatic carbocycles. The summed E-state index contributed by atoms with van der Waals surface area (Å²) in [7, 11) is 0. The number of nitrogens with zero attached hydrogens (tertiary/aromatic N) is 4. The van der Waals surface area contributed by atoms with E-state index in [4.69, 9.17) is 11.6 Å². The second-order valence-corrected chi connectivity index (χ2v) is 7.08. The SMILES string of the molecule is C[C@H](N)C1CCN(c2nc3c(cc2F)c(=O)n(N)c(=O)n3C2CC2)C1. The lowest BCUT2D eigenvalue weighted by atomic mass is 10.0. The molecule has 25 heavy (non-hydrogen) atoms. The molecule has 134 valence electrons. The molecule has 2 fully saturated rings. The molecule has 9 heteroatoms. The van der Waals surface area contributed by atoms with Crippen LogP contribution in [0.1, 0.15) is 32.2 Å². The minimum atomic E-state index is -0.732. The molecule has 1 aliphatic heterocycles. The van der Waals surface area contributed by atoms with Crippen molar-refractivity contribution in [3.63, 3.8) is 0 Å². The van der Waals surface area contributed by atoms with Crippen LogP contribution in [0.4, 0.5) is 10.2 Å². The summed E-state index contributed by atoms with van der Waals surface area (Å²) in [6, 6.07) is 1.12. The minimum absolute atomic E-state index is 0.0163. The van der Waals surface area contributed by atoms with E-state index < -0.39 is 17.1 Å². The lowest BCUT2D eigenvalue weighted by Gasteiger charge is -2.20. The number of halogens is 1. The first-order valence-corrected chi connectivity index (χ1v) is 8.52. The summed E-state index contributed by atoms with van der Waals surface area (Å²) in [4.78, 5) is 30.8. The van der Waals surface area contributed by atoms with Gasteiger partial charge in [-0.3, -0.25) is 9.36 Å². The molecule has 0 radical (unpaired) electrons. The van der Waals surface area contributed by atoms with Gasteiger partial charge >= 0.3 is 5.69 Å². The zero-order valence-electron chi connectivity index (χ0n) is 14.0. The molecule has 3 heterocycles. The summed E-state index contributed by atoms with van der Waals surface area (Å²) < 4.78 is 16.6. The van der Waals surface area contributed by atoms with E-state index >= 15 is 0 Å². The maximum atomic E-state index is 14.6. The fourth-order valence-electron chi connectivity index (χ4n) is 3.53. The van der Waals surface area contributed by atoms with E-state index in [-0.39, 0.29) is 34.9 Å². The molecule has 2 atom stereocenters. The molecule has 0 amide bonds. The highest BCUT2D eigenvalue weighted by Gasteiger charge is 2.32. The van der Waals surface area contributed by atoms with E-state index in [0.717, 1.165) is 25.3 Å². The van der Waals surface area contributed by atoms with Gasteiger partial charge < -0.3 is 16.5 Å². The Hall–Kier alpha value is -2.42. The first-order chi connectivity index (χ1) is 11.9. The number of hydrogen-bond donors (Lipinski definition) is 2. The number of nitrogen functional groups attached to an aromatic ring is 1. The maximum absolute atomic E-state index is 14.6. The highest BCUT2D eigenvalue weighted by Crippen LogP contribution is 2.35. The standard InChI is InChI=1S/C16H21FN6O2/c1-8(18)9-4-5-21(7-9)14-12(17)6-11-13(20-14)22(10-2-3-10)16(25)23(19)15(11)24/h6,8-10H,2-5,7,18-19H2,1H3/t8-,9?/m0/s1. The summed E-state index contributed by atoms with van der Waals surface area (Å²) in [5.74, 6) is 5.41. The van der Waals surface area contributed by atoms with Crippen molar-refractivity contribution in [3.05, 3.63) is 32.7 Å². The highest BCUT2D eigenvalue weighted by molar-refractivity contribution is 5.77.